The number of hydrogen-bond donors (Lipinski definition) is 1. The Morgan fingerprint density at radius 3 is 2.64 bits per heavy atom. The minimum Gasteiger partial charge on any atom is -0.334 e. The van der Waals surface area contributed by atoms with E-state index >= 15 is 0 Å². The lowest BCUT2D eigenvalue weighted by Gasteiger charge is -2.31. The van der Waals surface area contributed by atoms with Crippen molar-refractivity contribution in [3.63, 3.8) is 0 Å². The maximum Gasteiger partial charge on any atom is 0.276 e. The van der Waals surface area contributed by atoms with Gasteiger partial charge in [0, 0.05) is 36.1 Å². The molecular weight excluding hydrogens is 406 g/mol. The van der Waals surface area contributed by atoms with Gasteiger partial charge in [-0.05, 0) is 44.0 Å². The van der Waals surface area contributed by atoms with Gasteiger partial charge in [-0.3, -0.25) is 4.79 Å². The molecular formula is C17H21BrClN5O. The van der Waals surface area contributed by atoms with Gasteiger partial charge in [0.25, 0.3) is 5.91 Å². The van der Waals surface area contributed by atoms with Crippen molar-refractivity contribution in [2.24, 2.45) is 0 Å². The molecule has 0 spiro atoms. The Labute approximate surface area is 161 Å². The van der Waals surface area contributed by atoms with Crippen LogP contribution in [-0.2, 0) is 0 Å². The van der Waals surface area contributed by atoms with Crippen LogP contribution in [0.1, 0.15) is 41.9 Å². The number of nitrogens with one attached hydrogen (secondary N) is 1. The van der Waals surface area contributed by atoms with Crippen molar-refractivity contribution in [3.05, 3.63) is 40.1 Å². The number of aromatic nitrogens is 3. The molecule has 8 heteroatoms. The molecule has 2 aromatic rings. The highest BCUT2D eigenvalue weighted by atomic mass is 79.9. The molecule has 0 bridgehead atoms. The number of rotatable bonds is 3. The molecule has 1 aliphatic heterocycles. The SMILES string of the molecule is CC1CN(C(=O)c2nnn(-c3ccc(Br)cc3)c2C2CC2)CCN1.Cl. The second-order valence-electron chi connectivity index (χ2n) is 6.59. The normalized spacial score (nSPS) is 20.2. The van der Waals surface area contributed by atoms with Crippen LogP contribution in [0.25, 0.3) is 5.69 Å². The summed E-state index contributed by atoms with van der Waals surface area (Å²) in [5.41, 5.74) is 2.43. The molecule has 25 heavy (non-hydrogen) atoms. The first-order valence-electron chi connectivity index (χ1n) is 8.37. The average Bonchev–Trinajstić information content (AvgIpc) is 3.33. The standard InChI is InChI=1S/C17H20BrN5O.ClH/c1-11-10-22(9-8-19-11)17(24)15-16(12-2-3-12)23(21-20-15)14-6-4-13(18)5-7-14;/h4-7,11-12,19H,2-3,8-10H2,1H3;1H. The molecule has 1 amide bonds. The van der Waals surface area contributed by atoms with Gasteiger partial charge < -0.3 is 10.2 Å². The van der Waals surface area contributed by atoms with Gasteiger partial charge in [0.1, 0.15) is 0 Å². The zero-order valence-electron chi connectivity index (χ0n) is 14.0. The van der Waals surface area contributed by atoms with Gasteiger partial charge in [-0.2, -0.15) is 0 Å². The fraction of sp³-hybridized carbons (Fsp3) is 0.471. The highest BCUT2D eigenvalue weighted by Crippen LogP contribution is 2.42. The number of carbonyl (C=O) groups excluding carboxylic acids is 1. The van der Waals surface area contributed by atoms with E-state index in [1.807, 2.05) is 33.8 Å². The highest BCUT2D eigenvalue weighted by molar-refractivity contribution is 9.10. The van der Waals surface area contributed by atoms with Crippen LogP contribution in [0.3, 0.4) is 0 Å². The molecule has 2 fully saturated rings. The first kappa shape index (κ1) is 18.4. The van der Waals surface area contributed by atoms with Crippen LogP contribution < -0.4 is 5.32 Å². The van der Waals surface area contributed by atoms with E-state index in [1.54, 1.807) is 0 Å². The van der Waals surface area contributed by atoms with E-state index < -0.39 is 0 Å². The summed E-state index contributed by atoms with van der Waals surface area (Å²) in [5.74, 6) is 0.400. The molecule has 1 saturated carbocycles. The molecule has 4 rings (SSSR count). The van der Waals surface area contributed by atoms with Gasteiger partial charge >= 0.3 is 0 Å². The minimum absolute atomic E-state index is 0. The van der Waals surface area contributed by atoms with Crippen LogP contribution >= 0.6 is 28.3 Å². The predicted molar refractivity (Wildman–Crippen MR) is 102 cm³/mol. The molecule has 134 valence electrons. The number of carbonyl (C=O) groups is 1. The Hall–Kier alpha value is -1.44. The number of nitrogens with zero attached hydrogens (tertiary/aromatic N) is 4. The summed E-state index contributed by atoms with van der Waals surface area (Å²) in [6.45, 7) is 4.36. The van der Waals surface area contributed by atoms with E-state index in [1.165, 1.54) is 0 Å². The zero-order valence-corrected chi connectivity index (χ0v) is 16.4. The lowest BCUT2D eigenvalue weighted by molar-refractivity contribution is 0.0702. The van der Waals surface area contributed by atoms with Gasteiger partial charge in [0.2, 0.25) is 0 Å². The zero-order chi connectivity index (χ0) is 16.7. The van der Waals surface area contributed by atoms with Crippen LogP contribution in [0.2, 0.25) is 0 Å². The molecule has 2 heterocycles. The smallest absolute Gasteiger partial charge is 0.276 e. The van der Waals surface area contributed by atoms with Crippen molar-refractivity contribution in [3.8, 4) is 5.69 Å². The van der Waals surface area contributed by atoms with Crippen LogP contribution in [0.15, 0.2) is 28.7 Å². The lowest BCUT2D eigenvalue weighted by Crippen LogP contribution is -2.51. The second kappa shape index (κ2) is 7.43. The molecule has 6 nitrogen and oxygen atoms in total. The Morgan fingerprint density at radius 1 is 1.28 bits per heavy atom. The molecule has 1 aliphatic carbocycles. The van der Waals surface area contributed by atoms with Gasteiger partial charge in [0.15, 0.2) is 5.69 Å². The largest absolute Gasteiger partial charge is 0.334 e. The molecule has 1 aromatic heterocycles. The number of amides is 1. The van der Waals surface area contributed by atoms with Crippen LogP contribution in [0, 0.1) is 0 Å². The number of benzene rings is 1. The topological polar surface area (TPSA) is 63.1 Å². The third-order valence-corrected chi connectivity index (χ3v) is 5.13. The third-order valence-electron chi connectivity index (χ3n) is 4.60. The maximum atomic E-state index is 13.0. The Kier molecular flexibility index (Phi) is 5.46. The highest BCUT2D eigenvalue weighted by Gasteiger charge is 2.36. The molecule has 1 unspecified atom stereocenters. The summed E-state index contributed by atoms with van der Waals surface area (Å²) in [7, 11) is 0. The van der Waals surface area contributed by atoms with Crippen molar-refractivity contribution >= 4 is 34.2 Å². The van der Waals surface area contributed by atoms with Crippen LogP contribution in [0.4, 0.5) is 0 Å². The fourth-order valence-corrected chi connectivity index (χ4v) is 3.47. The Balaban J connectivity index is 0.00000182. The van der Waals surface area contributed by atoms with Crippen molar-refractivity contribution in [1.29, 1.82) is 0 Å². The molecule has 1 saturated heterocycles. The first-order valence-corrected chi connectivity index (χ1v) is 9.17. The average molecular weight is 427 g/mol. The van der Waals surface area contributed by atoms with E-state index in [2.05, 4.69) is 38.5 Å². The lowest BCUT2D eigenvalue weighted by atomic mass is 10.1. The summed E-state index contributed by atoms with van der Waals surface area (Å²) in [6.07, 6.45) is 2.20. The summed E-state index contributed by atoms with van der Waals surface area (Å²) in [5, 5.41) is 11.9. The van der Waals surface area contributed by atoms with E-state index in [4.69, 9.17) is 0 Å². The Morgan fingerprint density at radius 2 is 2.00 bits per heavy atom. The first-order chi connectivity index (χ1) is 11.6. The molecule has 0 radical (unpaired) electrons. The van der Waals surface area contributed by atoms with Gasteiger partial charge in [-0.1, -0.05) is 21.1 Å². The quantitative estimate of drug-likeness (QED) is 0.820. The van der Waals surface area contributed by atoms with Gasteiger partial charge in [0.05, 0.1) is 11.4 Å². The van der Waals surface area contributed by atoms with Gasteiger partial charge in [-0.15, -0.1) is 17.5 Å². The number of piperazine rings is 1. The van der Waals surface area contributed by atoms with E-state index in [-0.39, 0.29) is 18.3 Å². The van der Waals surface area contributed by atoms with E-state index in [0.29, 0.717) is 24.2 Å². The van der Waals surface area contributed by atoms with Gasteiger partial charge in [-0.25, -0.2) is 4.68 Å². The monoisotopic (exact) mass is 425 g/mol. The van der Waals surface area contributed by atoms with E-state index in [9.17, 15) is 4.79 Å². The predicted octanol–water partition coefficient (Wildman–Crippen LogP) is 2.76. The molecule has 2 aliphatic rings. The summed E-state index contributed by atoms with van der Waals surface area (Å²) >= 11 is 3.45. The van der Waals surface area contributed by atoms with Crippen LogP contribution in [0.5, 0.6) is 0 Å². The number of hydrogen-bond acceptors (Lipinski definition) is 4. The van der Waals surface area contributed by atoms with Crippen molar-refractivity contribution < 1.29 is 4.79 Å². The molecule has 1 N–H and O–H groups in total. The Bertz CT molecular complexity index is 759. The minimum atomic E-state index is 0. The van der Waals surface area contributed by atoms with Crippen molar-refractivity contribution in [1.82, 2.24) is 25.2 Å². The van der Waals surface area contributed by atoms with E-state index in [0.717, 1.165) is 41.8 Å². The summed E-state index contributed by atoms with van der Waals surface area (Å²) in [4.78, 5) is 14.9. The maximum absolute atomic E-state index is 13.0. The van der Waals surface area contributed by atoms with Crippen molar-refractivity contribution in [2.45, 2.75) is 31.7 Å². The fourth-order valence-electron chi connectivity index (χ4n) is 3.20. The molecule has 1 atom stereocenters. The molecule has 1 aromatic carbocycles. The van der Waals surface area contributed by atoms with Crippen LogP contribution in [-0.4, -0.2) is 51.5 Å². The second-order valence-corrected chi connectivity index (χ2v) is 7.51. The summed E-state index contributed by atoms with van der Waals surface area (Å²) in [6, 6.07) is 8.26. The number of halogens is 2. The third kappa shape index (κ3) is 3.73. The van der Waals surface area contributed by atoms with Crippen molar-refractivity contribution in [2.75, 3.05) is 19.6 Å². The summed E-state index contributed by atoms with van der Waals surface area (Å²) < 4.78 is 2.86.